The number of nitrogens with zero attached hydrogens (tertiary/aromatic N) is 1. The lowest BCUT2D eigenvalue weighted by molar-refractivity contribution is -0.134. The normalized spacial score (nSPS) is 16.8. The number of ether oxygens (including phenoxy) is 1. The number of hydrogen-bond donors (Lipinski definition) is 2. The van der Waals surface area contributed by atoms with Gasteiger partial charge in [-0.05, 0) is 55.2 Å². The highest BCUT2D eigenvalue weighted by Gasteiger charge is 2.32. The number of para-hydroxylation sites is 1. The minimum Gasteiger partial charge on any atom is -0.493 e. The molecule has 33 heavy (non-hydrogen) atoms. The first-order valence-corrected chi connectivity index (χ1v) is 11.3. The van der Waals surface area contributed by atoms with Crippen LogP contribution in [0.25, 0.3) is 0 Å². The summed E-state index contributed by atoms with van der Waals surface area (Å²) in [7, 11) is 0. The minimum absolute atomic E-state index is 0.145. The molecule has 168 valence electrons. The van der Waals surface area contributed by atoms with Crippen molar-refractivity contribution in [2.75, 3.05) is 23.8 Å². The molecule has 0 saturated carbocycles. The van der Waals surface area contributed by atoms with E-state index in [0.29, 0.717) is 32.5 Å². The highest BCUT2D eigenvalue weighted by Crippen LogP contribution is 2.36. The van der Waals surface area contributed by atoms with E-state index in [1.54, 1.807) is 0 Å². The maximum absolute atomic E-state index is 13.4. The Balaban J connectivity index is 1.29. The maximum atomic E-state index is 13.4. The van der Waals surface area contributed by atoms with Crippen molar-refractivity contribution in [1.29, 1.82) is 0 Å². The van der Waals surface area contributed by atoms with Gasteiger partial charge in [0, 0.05) is 30.0 Å². The zero-order valence-electron chi connectivity index (χ0n) is 18.6. The van der Waals surface area contributed by atoms with Gasteiger partial charge in [0.15, 0.2) is 0 Å². The van der Waals surface area contributed by atoms with Crippen molar-refractivity contribution >= 4 is 23.3 Å². The number of nitrogens with one attached hydrogen (secondary N) is 2. The maximum Gasteiger partial charge on any atom is 0.323 e. The quantitative estimate of drug-likeness (QED) is 0.595. The third-order valence-corrected chi connectivity index (χ3v) is 6.39. The number of amides is 3. The zero-order valence-corrected chi connectivity index (χ0v) is 18.6. The van der Waals surface area contributed by atoms with Gasteiger partial charge in [0.05, 0.1) is 12.5 Å². The summed E-state index contributed by atoms with van der Waals surface area (Å²) in [5.74, 6) is 0.788. The Labute approximate surface area is 193 Å². The lowest BCUT2D eigenvalue weighted by Crippen LogP contribution is -2.40. The van der Waals surface area contributed by atoms with E-state index >= 15 is 0 Å². The SMILES string of the molecule is Cc1ccc(NC(=O)Nc2cccc3c2CCN(C(=O)C2CCOc4ccccc42)C3)cc1. The van der Waals surface area contributed by atoms with Crippen LogP contribution in [0.2, 0.25) is 0 Å². The number of hydrogen-bond acceptors (Lipinski definition) is 3. The van der Waals surface area contributed by atoms with Crippen LogP contribution in [0.3, 0.4) is 0 Å². The summed E-state index contributed by atoms with van der Waals surface area (Å²) in [5, 5.41) is 5.86. The van der Waals surface area contributed by atoms with E-state index in [1.165, 1.54) is 0 Å². The third kappa shape index (κ3) is 4.42. The van der Waals surface area contributed by atoms with Crippen LogP contribution < -0.4 is 15.4 Å². The average molecular weight is 442 g/mol. The second-order valence-corrected chi connectivity index (χ2v) is 8.63. The summed E-state index contributed by atoms with van der Waals surface area (Å²) in [6, 6.07) is 21.1. The molecule has 2 aliphatic heterocycles. The molecule has 3 amide bonds. The fourth-order valence-electron chi connectivity index (χ4n) is 4.66. The first-order valence-electron chi connectivity index (χ1n) is 11.3. The molecule has 5 rings (SSSR count). The van der Waals surface area contributed by atoms with Crippen molar-refractivity contribution in [2.45, 2.75) is 32.2 Å². The predicted octanol–water partition coefficient (Wildman–Crippen LogP) is 5.09. The van der Waals surface area contributed by atoms with Gasteiger partial charge in [-0.1, -0.05) is 48.0 Å². The van der Waals surface area contributed by atoms with E-state index in [0.717, 1.165) is 39.4 Å². The van der Waals surface area contributed by atoms with Gasteiger partial charge in [0.2, 0.25) is 5.91 Å². The van der Waals surface area contributed by atoms with E-state index in [2.05, 4.69) is 10.6 Å². The molecular formula is C27H27N3O3. The van der Waals surface area contributed by atoms with Gasteiger partial charge in [-0.25, -0.2) is 4.79 Å². The summed E-state index contributed by atoms with van der Waals surface area (Å²) in [4.78, 5) is 27.9. The summed E-state index contributed by atoms with van der Waals surface area (Å²) in [6.45, 7) is 3.74. The van der Waals surface area contributed by atoms with Crippen molar-refractivity contribution in [1.82, 2.24) is 4.90 Å². The molecule has 1 unspecified atom stereocenters. The Kier molecular flexibility index (Phi) is 5.73. The van der Waals surface area contributed by atoms with E-state index in [1.807, 2.05) is 78.6 Å². The third-order valence-electron chi connectivity index (χ3n) is 6.39. The van der Waals surface area contributed by atoms with Crippen LogP contribution in [-0.2, 0) is 17.8 Å². The summed E-state index contributed by atoms with van der Waals surface area (Å²) >= 11 is 0. The number of urea groups is 1. The van der Waals surface area contributed by atoms with Gasteiger partial charge in [-0.2, -0.15) is 0 Å². The molecule has 6 nitrogen and oxygen atoms in total. The lowest BCUT2D eigenvalue weighted by atomic mass is 9.90. The highest BCUT2D eigenvalue weighted by atomic mass is 16.5. The molecule has 0 spiro atoms. The second kappa shape index (κ2) is 8.98. The van der Waals surface area contributed by atoms with Crippen LogP contribution in [0.4, 0.5) is 16.2 Å². The molecule has 0 aromatic heterocycles. The van der Waals surface area contributed by atoms with Gasteiger partial charge < -0.3 is 20.3 Å². The molecule has 2 N–H and O–H groups in total. The van der Waals surface area contributed by atoms with Crippen molar-refractivity contribution < 1.29 is 14.3 Å². The van der Waals surface area contributed by atoms with Crippen molar-refractivity contribution in [2.24, 2.45) is 0 Å². The molecule has 3 aromatic carbocycles. The van der Waals surface area contributed by atoms with Crippen LogP contribution >= 0.6 is 0 Å². The van der Waals surface area contributed by atoms with Gasteiger partial charge in [0.25, 0.3) is 0 Å². The molecule has 2 heterocycles. The molecule has 6 heteroatoms. The van der Waals surface area contributed by atoms with Crippen LogP contribution in [-0.4, -0.2) is 30.0 Å². The van der Waals surface area contributed by atoms with Crippen molar-refractivity contribution in [3.8, 4) is 5.75 Å². The summed E-state index contributed by atoms with van der Waals surface area (Å²) in [5.41, 5.74) is 5.82. The minimum atomic E-state index is -0.274. The number of carbonyl (C=O) groups is 2. The second-order valence-electron chi connectivity index (χ2n) is 8.63. The fraction of sp³-hybridized carbons (Fsp3) is 0.259. The van der Waals surface area contributed by atoms with Crippen LogP contribution in [0, 0.1) is 6.92 Å². The molecule has 2 aliphatic rings. The molecule has 3 aromatic rings. The van der Waals surface area contributed by atoms with Crippen LogP contribution in [0.15, 0.2) is 66.7 Å². The largest absolute Gasteiger partial charge is 0.493 e. The number of rotatable bonds is 3. The molecule has 0 fully saturated rings. The highest BCUT2D eigenvalue weighted by molar-refractivity contribution is 6.00. The average Bonchev–Trinajstić information content (AvgIpc) is 2.84. The molecule has 0 radical (unpaired) electrons. The topological polar surface area (TPSA) is 70.7 Å². The Morgan fingerprint density at radius 1 is 0.970 bits per heavy atom. The van der Waals surface area contributed by atoms with Crippen molar-refractivity contribution in [3.63, 3.8) is 0 Å². The van der Waals surface area contributed by atoms with Crippen molar-refractivity contribution in [3.05, 3.63) is 89.0 Å². The first-order chi connectivity index (χ1) is 16.1. The Hall–Kier alpha value is -3.80. The molecule has 0 saturated heterocycles. The Morgan fingerprint density at radius 2 is 1.79 bits per heavy atom. The number of fused-ring (bicyclic) bond motifs is 2. The van der Waals surface area contributed by atoms with Crippen LogP contribution in [0.5, 0.6) is 5.75 Å². The first kappa shape index (κ1) is 21.1. The molecule has 1 atom stereocenters. The van der Waals surface area contributed by atoms with E-state index in [4.69, 9.17) is 4.74 Å². The van der Waals surface area contributed by atoms with E-state index < -0.39 is 0 Å². The monoisotopic (exact) mass is 441 g/mol. The smallest absolute Gasteiger partial charge is 0.323 e. The number of aryl methyl sites for hydroxylation is 1. The standard InChI is InChI=1S/C27H27N3O3/c1-18-9-11-20(12-10-18)28-27(32)29-24-7-4-5-19-17-30(15-13-21(19)24)26(31)23-14-16-33-25-8-3-2-6-22(23)25/h2-12,23H,13-17H2,1H3,(H2,28,29,32). The van der Waals surface area contributed by atoms with E-state index in [-0.39, 0.29) is 17.9 Å². The van der Waals surface area contributed by atoms with Gasteiger partial charge in [-0.15, -0.1) is 0 Å². The summed E-state index contributed by atoms with van der Waals surface area (Å²) < 4.78 is 5.73. The molecular weight excluding hydrogens is 414 g/mol. The number of anilines is 2. The fourth-order valence-corrected chi connectivity index (χ4v) is 4.66. The Morgan fingerprint density at radius 3 is 2.64 bits per heavy atom. The van der Waals surface area contributed by atoms with Gasteiger partial charge >= 0.3 is 6.03 Å². The lowest BCUT2D eigenvalue weighted by Gasteiger charge is -2.34. The number of carbonyl (C=O) groups excluding carboxylic acids is 2. The predicted molar refractivity (Wildman–Crippen MR) is 129 cm³/mol. The number of benzene rings is 3. The zero-order chi connectivity index (χ0) is 22.8. The van der Waals surface area contributed by atoms with Crippen LogP contribution in [0.1, 0.15) is 34.6 Å². The van der Waals surface area contributed by atoms with Gasteiger partial charge in [-0.3, -0.25) is 4.79 Å². The van der Waals surface area contributed by atoms with E-state index in [9.17, 15) is 9.59 Å². The Bertz CT molecular complexity index is 1190. The molecule has 0 aliphatic carbocycles. The van der Waals surface area contributed by atoms with Gasteiger partial charge in [0.1, 0.15) is 5.75 Å². The molecule has 0 bridgehead atoms. The summed E-state index contributed by atoms with van der Waals surface area (Å²) in [6.07, 6.45) is 1.40.